The molecule has 13 heteroatoms. The molecule has 1 saturated heterocycles. The molecule has 0 aromatic heterocycles. The van der Waals surface area contributed by atoms with Crippen LogP contribution in [0.25, 0.3) is 0 Å². The van der Waals surface area contributed by atoms with Gasteiger partial charge in [-0.3, -0.25) is 24.4 Å². The van der Waals surface area contributed by atoms with Crippen LogP contribution in [0.3, 0.4) is 0 Å². The first-order valence-electron chi connectivity index (χ1n) is 11.7. The van der Waals surface area contributed by atoms with Crippen molar-refractivity contribution in [3.05, 3.63) is 24.4 Å². The number of carbonyl (C=O) groups is 3. The summed E-state index contributed by atoms with van der Waals surface area (Å²) in [6.45, 7) is 14.4. The molecule has 3 amide bonds. The number of nitrogens with two attached hydrogens (primary N) is 1. The molecular formula is C23H40N4O6S3. The first-order valence-corrected chi connectivity index (χ1v) is 14.8. The van der Waals surface area contributed by atoms with E-state index in [1.54, 1.807) is 7.11 Å². The first-order chi connectivity index (χ1) is 17.2. The number of rotatable bonds is 19. The molecule has 206 valence electrons. The van der Waals surface area contributed by atoms with Gasteiger partial charge in [0.05, 0.1) is 33.0 Å². The maximum Gasteiger partial charge on any atom is 0.289 e. The summed E-state index contributed by atoms with van der Waals surface area (Å²) in [6.07, 6.45) is 3.91. The summed E-state index contributed by atoms with van der Waals surface area (Å²) in [7, 11) is 4.20. The molecule has 0 aliphatic carbocycles. The third kappa shape index (κ3) is 12.3. The van der Waals surface area contributed by atoms with Crippen LogP contribution < -0.4 is 10.5 Å². The van der Waals surface area contributed by atoms with Crippen molar-refractivity contribution in [3.63, 3.8) is 0 Å². The van der Waals surface area contributed by atoms with Gasteiger partial charge in [0.25, 0.3) is 5.24 Å². The first kappa shape index (κ1) is 32.8. The fourth-order valence-corrected chi connectivity index (χ4v) is 5.69. The quantitative estimate of drug-likeness (QED) is 0.0791. The van der Waals surface area contributed by atoms with Gasteiger partial charge in [-0.05, 0) is 26.8 Å². The fraction of sp³-hybridized carbons (Fsp3) is 0.696. The molecule has 1 unspecified atom stereocenters. The number of hydrogen-bond acceptors (Lipinski definition) is 11. The Labute approximate surface area is 227 Å². The standard InChI is InChI=1S/C23H40N4O6S3/c1-6-18(7-2)26(10-11-32-14-15-33-13-12-31-5)17-23(3,4)36-35-22(30)25-8-9-27-20(28)16-19(34-24)21(27)29/h6-7,19H,1,8-17,24H2,2-5H3,(H,25,30)/b18-7+. The molecule has 0 radical (unpaired) electrons. The molecule has 1 aliphatic rings. The van der Waals surface area contributed by atoms with Crippen LogP contribution in [0.4, 0.5) is 4.79 Å². The van der Waals surface area contributed by atoms with E-state index in [9.17, 15) is 14.4 Å². The van der Waals surface area contributed by atoms with Gasteiger partial charge in [-0.1, -0.05) is 35.4 Å². The molecular weight excluding hydrogens is 524 g/mol. The normalized spacial score (nSPS) is 16.5. The zero-order chi connectivity index (χ0) is 27.0. The molecule has 10 nitrogen and oxygen atoms in total. The van der Waals surface area contributed by atoms with E-state index in [2.05, 4.69) is 30.6 Å². The smallest absolute Gasteiger partial charge is 0.289 e. The molecule has 36 heavy (non-hydrogen) atoms. The second-order valence-corrected chi connectivity index (χ2v) is 12.1. The molecule has 0 spiro atoms. The van der Waals surface area contributed by atoms with E-state index in [1.165, 1.54) is 10.8 Å². The number of ether oxygens (including phenoxy) is 3. The minimum atomic E-state index is -0.529. The van der Waals surface area contributed by atoms with Gasteiger partial charge in [-0.2, -0.15) is 0 Å². The van der Waals surface area contributed by atoms with Crippen LogP contribution in [0.5, 0.6) is 0 Å². The maximum atomic E-state index is 12.4. The molecule has 1 fully saturated rings. The Balaban J connectivity index is 2.43. The van der Waals surface area contributed by atoms with Crippen molar-refractivity contribution in [3.8, 4) is 0 Å². The highest BCUT2D eigenvalue weighted by Crippen LogP contribution is 2.37. The van der Waals surface area contributed by atoms with E-state index < -0.39 is 5.25 Å². The van der Waals surface area contributed by atoms with Crippen molar-refractivity contribution < 1.29 is 28.6 Å². The van der Waals surface area contributed by atoms with E-state index in [-0.39, 0.29) is 41.3 Å². The predicted octanol–water partition coefficient (Wildman–Crippen LogP) is 2.66. The lowest BCUT2D eigenvalue weighted by Gasteiger charge is -2.34. The minimum absolute atomic E-state index is 0.106. The predicted molar refractivity (Wildman–Crippen MR) is 149 cm³/mol. The number of nitrogens with zero attached hydrogens (tertiary/aromatic N) is 2. The van der Waals surface area contributed by atoms with Crippen LogP contribution in [-0.2, 0) is 23.8 Å². The number of carbonyl (C=O) groups excluding carboxylic acids is 3. The second-order valence-electron chi connectivity index (χ2n) is 8.41. The molecule has 1 atom stereocenters. The lowest BCUT2D eigenvalue weighted by atomic mass is 10.1. The van der Waals surface area contributed by atoms with Crippen LogP contribution >= 0.6 is 33.5 Å². The molecule has 0 aromatic rings. The summed E-state index contributed by atoms with van der Waals surface area (Å²) in [4.78, 5) is 39.7. The Morgan fingerprint density at radius 2 is 1.92 bits per heavy atom. The Morgan fingerprint density at radius 3 is 2.50 bits per heavy atom. The van der Waals surface area contributed by atoms with Gasteiger partial charge in [-0.15, -0.1) is 0 Å². The van der Waals surface area contributed by atoms with Crippen molar-refractivity contribution in [2.45, 2.75) is 37.2 Å². The molecule has 0 bridgehead atoms. The van der Waals surface area contributed by atoms with Crippen LogP contribution in [0.15, 0.2) is 24.4 Å². The van der Waals surface area contributed by atoms with E-state index in [0.29, 0.717) is 46.1 Å². The lowest BCUT2D eigenvalue weighted by Crippen LogP contribution is -2.39. The highest BCUT2D eigenvalue weighted by Gasteiger charge is 2.38. The van der Waals surface area contributed by atoms with Gasteiger partial charge in [0, 0.05) is 60.9 Å². The average molecular weight is 565 g/mol. The zero-order valence-electron chi connectivity index (χ0n) is 21.7. The maximum absolute atomic E-state index is 12.4. The largest absolute Gasteiger partial charge is 0.382 e. The Bertz CT molecular complexity index is 753. The molecule has 1 aliphatic heterocycles. The second kappa shape index (κ2) is 18.1. The van der Waals surface area contributed by atoms with Crippen LogP contribution in [-0.4, -0.2) is 103 Å². The van der Waals surface area contributed by atoms with Crippen molar-refractivity contribution in [1.29, 1.82) is 0 Å². The van der Waals surface area contributed by atoms with Crippen molar-refractivity contribution in [1.82, 2.24) is 15.1 Å². The average Bonchev–Trinajstić information content (AvgIpc) is 3.12. The minimum Gasteiger partial charge on any atom is -0.382 e. The number of allylic oxidation sites excluding steroid dienone is 2. The summed E-state index contributed by atoms with van der Waals surface area (Å²) in [5, 5.41) is 7.45. The van der Waals surface area contributed by atoms with Gasteiger partial charge in [-0.25, -0.2) is 0 Å². The third-order valence-electron chi connectivity index (χ3n) is 5.07. The number of imide groups is 1. The SMILES string of the molecule is C=C/C(=C\C)N(CCOCCOCCOC)CC(C)(C)SSC(=O)NCCN1C(=O)CC(SN)C1=O. The number of amides is 3. The summed E-state index contributed by atoms with van der Waals surface area (Å²) >= 11 is 0.881. The Kier molecular flexibility index (Phi) is 16.5. The highest BCUT2D eigenvalue weighted by atomic mass is 33.1. The third-order valence-corrected chi connectivity index (χ3v) is 8.78. The van der Waals surface area contributed by atoms with Crippen molar-refractivity contribution in [2.24, 2.45) is 5.14 Å². The number of nitrogens with one attached hydrogen (secondary N) is 1. The summed E-state index contributed by atoms with van der Waals surface area (Å²) in [5.74, 6) is -0.556. The van der Waals surface area contributed by atoms with E-state index in [1.807, 2.05) is 19.1 Å². The van der Waals surface area contributed by atoms with Crippen LogP contribution in [0.1, 0.15) is 27.2 Å². The van der Waals surface area contributed by atoms with Gasteiger partial charge in [0.15, 0.2) is 0 Å². The molecule has 1 rings (SSSR count). The van der Waals surface area contributed by atoms with Gasteiger partial charge >= 0.3 is 0 Å². The number of hydrogen-bond donors (Lipinski definition) is 2. The van der Waals surface area contributed by atoms with Crippen molar-refractivity contribution >= 4 is 50.6 Å². The summed E-state index contributed by atoms with van der Waals surface area (Å²) in [6, 6.07) is 0. The van der Waals surface area contributed by atoms with E-state index in [4.69, 9.17) is 19.3 Å². The fourth-order valence-electron chi connectivity index (χ4n) is 3.30. The number of likely N-dealkylation sites (tertiary alicyclic amines) is 1. The molecule has 0 aromatic carbocycles. The summed E-state index contributed by atoms with van der Waals surface area (Å²) < 4.78 is 15.8. The van der Waals surface area contributed by atoms with Crippen LogP contribution in [0, 0.1) is 0 Å². The van der Waals surface area contributed by atoms with E-state index >= 15 is 0 Å². The monoisotopic (exact) mass is 564 g/mol. The van der Waals surface area contributed by atoms with Gasteiger partial charge < -0.3 is 24.4 Å². The zero-order valence-corrected chi connectivity index (χ0v) is 24.1. The number of methoxy groups -OCH3 is 1. The van der Waals surface area contributed by atoms with E-state index in [0.717, 1.165) is 33.3 Å². The molecule has 0 saturated carbocycles. The molecule has 1 heterocycles. The Hall–Kier alpha value is -1.22. The highest BCUT2D eigenvalue weighted by molar-refractivity contribution is 8.82. The lowest BCUT2D eigenvalue weighted by molar-refractivity contribution is -0.138. The van der Waals surface area contributed by atoms with Gasteiger partial charge in [0.2, 0.25) is 11.8 Å². The topological polar surface area (TPSA) is 123 Å². The van der Waals surface area contributed by atoms with Crippen LogP contribution in [0.2, 0.25) is 0 Å². The van der Waals surface area contributed by atoms with Crippen molar-refractivity contribution in [2.75, 3.05) is 66.3 Å². The molecule has 3 N–H and O–H groups in total. The Morgan fingerprint density at radius 1 is 1.25 bits per heavy atom. The summed E-state index contributed by atoms with van der Waals surface area (Å²) in [5.41, 5.74) is 0.993. The van der Waals surface area contributed by atoms with Gasteiger partial charge in [0.1, 0.15) is 5.25 Å².